The van der Waals surface area contributed by atoms with E-state index in [-0.39, 0.29) is 84.2 Å². The van der Waals surface area contributed by atoms with E-state index in [4.69, 9.17) is 0 Å². The number of Topliss-reactive ketones (excluding diaryl/α,β-unsaturated/α-hetero) is 1. The molecule has 1 amide bonds. The third-order valence-electron chi connectivity index (χ3n) is 8.48. The molecule has 6 N–H and O–H groups in total. The number of aliphatic hydroxyl groups is 2. The van der Waals surface area contributed by atoms with Gasteiger partial charge in [-0.1, -0.05) is 45.4 Å². The van der Waals surface area contributed by atoms with E-state index < -0.39 is 30.2 Å². The predicted octanol–water partition coefficient (Wildman–Crippen LogP) is 0.528. The highest BCUT2D eigenvalue weighted by Crippen LogP contribution is 2.12. The summed E-state index contributed by atoms with van der Waals surface area (Å²) in [6.07, 6.45) is 8.02. The third-order valence-corrected chi connectivity index (χ3v) is 8.48. The van der Waals surface area contributed by atoms with Crippen LogP contribution in [0, 0.1) is 0 Å². The van der Waals surface area contributed by atoms with Crippen LogP contribution in [0.15, 0.2) is 0 Å². The number of carbonyl (C=O) groups is 5. The van der Waals surface area contributed by atoms with Crippen molar-refractivity contribution in [2.45, 2.75) is 96.3 Å². The fraction of sp³-hybridized carbons (Fsp3) is 0.844. The first kappa shape index (κ1) is 42.3. The Morgan fingerprint density at radius 1 is 0.638 bits per heavy atom. The fourth-order valence-corrected chi connectivity index (χ4v) is 5.71. The fourth-order valence-electron chi connectivity index (χ4n) is 5.71. The zero-order valence-electron chi connectivity index (χ0n) is 28.2. The Bertz CT molecular complexity index is 938. The number of carboxylic acid groups (broad SMARTS) is 3. The Balaban J connectivity index is 2.66. The van der Waals surface area contributed by atoms with Crippen LogP contribution in [0.4, 0.5) is 0 Å². The van der Waals surface area contributed by atoms with Gasteiger partial charge in [0.1, 0.15) is 11.8 Å². The molecule has 272 valence electrons. The van der Waals surface area contributed by atoms with Crippen LogP contribution in [0.5, 0.6) is 0 Å². The number of hydrogen-bond donors (Lipinski definition) is 6. The maximum atomic E-state index is 12.6. The molecule has 1 saturated heterocycles. The Labute approximate surface area is 278 Å². The lowest BCUT2D eigenvalue weighted by atomic mass is 10.1. The van der Waals surface area contributed by atoms with E-state index in [9.17, 15) is 49.5 Å². The quantitative estimate of drug-likeness (QED) is 0.0646. The third kappa shape index (κ3) is 21.7. The van der Waals surface area contributed by atoms with Crippen molar-refractivity contribution in [2.24, 2.45) is 0 Å². The summed E-state index contributed by atoms with van der Waals surface area (Å²) in [4.78, 5) is 65.9. The zero-order valence-corrected chi connectivity index (χ0v) is 28.2. The molecule has 1 fully saturated rings. The molecule has 0 spiro atoms. The number of carbonyl (C=O) groups excluding carboxylic acids is 2. The number of unbranched alkanes of at least 4 members (excludes halogenated alkanes) is 7. The van der Waals surface area contributed by atoms with Gasteiger partial charge in [-0.25, -0.2) is 0 Å². The second-order valence-corrected chi connectivity index (χ2v) is 12.4. The standard InChI is InChI=1S/C32H59N5O10/c1-2-26(38)11-9-7-5-3-4-6-8-10-14-33-28(39)13-12-27(32(46)47)37-21-19-35(24-30(42)43)17-15-34(23-29(40)41)16-18-36(20-22-37)25-31(44)45/h27,30,42-43H,2-25H2,1H3,(H,33,39)(H,40,41)(H,44,45)(H,46,47). The maximum Gasteiger partial charge on any atom is 0.320 e. The van der Waals surface area contributed by atoms with Gasteiger partial charge in [0.25, 0.3) is 0 Å². The molecule has 0 aromatic carbocycles. The Morgan fingerprint density at radius 3 is 1.60 bits per heavy atom. The summed E-state index contributed by atoms with van der Waals surface area (Å²) in [6, 6.07) is -1.01. The average Bonchev–Trinajstić information content (AvgIpc) is 2.99. The highest BCUT2D eigenvalue weighted by Gasteiger charge is 2.28. The molecule has 47 heavy (non-hydrogen) atoms. The largest absolute Gasteiger partial charge is 0.480 e. The van der Waals surface area contributed by atoms with Gasteiger partial charge in [-0.15, -0.1) is 0 Å². The van der Waals surface area contributed by atoms with Gasteiger partial charge < -0.3 is 30.8 Å². The molecule has 1 rings (SSSR count). The number of carboxylic acids is 3. The van der Waals surface area contributed by atoms with Crippen LogP contribution >= 0.6 is 0 Å². The number of β-amino-alcohol motifs (C(OH)–C–C–N with tert-alkyl or cyclic N) is 2. The van der Waals surface area contributed by atoms with Gasteiger partial charge in [0.2, 0.25) is 5.91 Å². The summed E-state index contributed by atoms with van der Waals surface area (Å²) in [7, 11) is 0. The van der Waals surface area contributed by atoms with Gasteiger partial charge in [0.05, 0.1) is 13.1 Å². The summed E-state index contributed by atoms with van der Waals surface area (Å²) < 4.78 is 0. The lowest BCUT2D eigenvalue weighted by Gasteiger charge is -2.35. The lowest BCUT2D eigenvalue weighted by molar-refractivity contribution is -0.145. The molecule has 0 radical (unpaired) electrons. The van der Waals surface area contributed by atoms with Gasteiger partial charge in [-0.3, -0.25) is 43.6 Å². The van der Waals surface area contributed by atoms with Crippen LogP contribution in [-0.4, -0.2) is 166 Å². The Hall–Kier alpha value is -2.69. The number of hydrogen-bond acceptors (Lipinski definition) is 11. The van der Waals surface area contributed by atoms with Crippen LogP contribution in [0.1, 0.15) is 84.0 Å². The second kappa shape index (κ2) is 25.3. The smallest absolute Gasteiger partial charge is 0.320 e. The Kier molecular flexibility index (Phi) is 22.8. The molecule has 15 nitrogen and oxygen atoms in total. The van der Waals surface area contributed by atoms with E-state index in [1.807, 2.05) is 6.92 Å². The topological polar surface area (TPSA) is 211 Å². The lowest BCUT2D eigenvalue weighted by Crippen LogP contribution is -2.52. The van der Waals surface area contributed by atoms with Gasteiger partial charge in [0, 0.05) is 84.7 Å². The Morgan fingerprint density at radius 2 is 1.11 bits per heavy atom. The summed E-state index contributed by atoms with van der Waals surface area (Å²) in [6.45, 7) is 3.71. The van der Waals surface area contributed by atoms with Crippen molar-refractivity contribution in [3.05, 3.63) is 0 Å². The molecule has 0 aliphatic carbocycles. The number of rotatable bonds is 23. The molecular weight excluding hydrogens is 614 g/mol. The van der Waals surface area contributed by atoms with Crippen molar-refractivity contribution >= 4 is 29.6 Å². The van der Waals surface area contributed by atoms with Gasteiger partial charge >= 0.3 is 17.9 Å². The first-order valence-corrected chi connectivity index (χ1v) is 17.1. The number of aliphatic hydroxyl groups excluding tert-OH is 1. The van der Waals surface area contributed by atoms with E-state index in [1.165, 1.54) is 0 Å². The van der Waals surface area contributed by atoms with Gasteiger partial charge in [0.15, 0.2) is 6.29 Å². The molecule has 1 aliphatic heterocycles. The minimum absolute atomic E-state index is 0.00998. The molecule has 0 saturated carbocycles. The molecular formula is C32H59N5O10. The first-order chi connectivity index (χ1) is 22.4. The minimum Gasteiger partial charge on any atom is -0.480 e. The van der Waals surface area contributed by atoms with Crippen molar-refractivity contribution in [1.82, 2.24) is 24.9 Å². The number of amides is 1. The van der Waals surface area contributed by atoms with E-state index in [2.05, 4.69) is 5.32 Å². The summed E-state index contributed by atoms with van der Waals surface area (Å²) in [5.41, 5.74) is 0. The van der Waals surface area contributed by atoms with E-state index in [0.29, 0.717) is 31.7 Å². The zero-order chi connectivity index (χ0) is 35.0. The highest BCUT2D eigenvalue weighted by atomic mass is 16.5. The van der Waals surface area contributed by atoms with Crippen LogP contribution in [-0.2, 0) is 24.0 Å². The number of nitrogens with one attached hydrogen (secondary N) is 1. The monoisotopic (exact) mass is 673 g/mol. The van der Waals surface area contributed by atoms with Crippen molar-refractivity contribution in [3.63, 3.8) is 0 Å². The summed E-state index contributed by atoms with van der Waals surface area (Å²) in [5.74, 6) is -3.10. The first-order valence-electron chi connectivity index (χ1n) is 17.1. The van der Waals surface area contributed by atoms with E-state index >= 15 is 0 Å². The minimum atomic E-state index is -1.64. The van der Waals surface area contributed by atoms with E-state index in [0.717, 1.165) is 51.4 Å². The predicted molar refractivity (Wildman–Crippen MR) is 175 cm³/mol. The summed E-state index contributed by atoms with van der Waals surface area (Å²) >= 11 is 0. The molecule has 1 heterocycles. The number of aliphatic carboxylic acids is 3. The van der Waals surface area contributed by atoms with Crippen molar-refractivity contribution in [2.75, 3.05) is 78.5 Å². The average molecular weight is 674 g/mol. The van der Waals surface area contributed by atoms with E-state index in [1.54, 1.807) is 19.6 Å². The molecule has 0 aromatic heterocycles. The molecule has 1 atom stereocenters. The van der Waals surface area contributed by atoms with Crippen molar-refractivity contribution in [3.8, 4) is 0 Å². The maximum absolute atomic E-state index is 12.6. The second-order valence-electron chi connectivity index (χ2n) is 12.4. The molecule has 15 heteroatoms. The van der Waals surface area contributed by atoms with Crippen LogP contribution < -0.4 is 5.32 Å². The number of nitrogens with zero attached hydrogens (tertiary/aromatic N) is 4. The molecule has 1 aliphatic rings. The van der Waals surface area contributed by atoms with Gasteiger partial charge in [-0.2, -0.15) is 0 Å². The normalized spacial score (nSPS) is 17.1. The van der Waals surface area contributed by atoms with Crippen molar-refractivity contribution in [1.29, 1.82) is 0 Å². The number of ketones is 1. The molecule has 0 aromatic rings. The highest BCUT2D eigenvalue weighted by molar-refractivity contribution is 5.78. The molecule has 1 unspecified atom stereocenters. The SMILES string of the molecule is CCC(=O)CCCCCCCCCCNC(=O)CCC(C(=O)O)N1CCN(CC(=O)O)CCN(CC(=O)O)CCN(CC(O)O)CC1. The van der Waals surface area contributed by atoms with Crippen LogP contribution in [0.2, 0.25) is 0 Å². The van der Waals surface area contributed by atoms with Crippen LogP contribution in [0.25, 0.3) is 0 Å². The van der Waals surface area contributed by atoms with Crippen molar-refractivity contribution < 1.29 is 49.5 Å². The summed E-state index contributed by atoms with van der Waals surface area (Å²) in [5, 5.41) is 50.9. The van der Waals surface area contributed by atoms with Gasteiger partial charge in [-0.05, 0) is 19.3 Å². The van der Waals surface area contributed by atoms with Crippen LogP contribution in [0.3, 0.4) is 0 Å². The molecule has 0 bridgehead atoms.